The monoisotopic (exact) mass is 256 g/mol. The van der Waals surface area contributed by atoms with Crippen LogP contribution in [0.15, 0.2) is 12.2 Å². The van der Waals surface area contributed by atoms with E-state index in [1.165, 1.54) is 7.11 Å². The molecule has 7 nitrogen and oxygen atoms in total. The number of carboxylic acids is 1. The van der Waals surface area contributed by atoms with Crippen molar-refractivity contribution in [1.82, 2.24) is 10.6 Å². The van der Waals surface area contributed by atoms with Crippen molar-refractivity contribution in [2.45, 2.75) is 18.9 Å². The highest BCUT2D eigenvalue weighted by Crippen LogP contribution is 2.17. The molecule has 1 aliphatic rings. The predicted molar refractivity (Wildman–Crippen MR) is 61.8 cm³/mol. The summed E-state index contributed by atoms with van der Waals surface area (Å²) in [5, 5.41) is 13.9. The second-order valence-electron chi connectivity index (χ2n) is 3.90. The van der Waals surface area contributed by atoms with Crippen LogP contribution in [-0.4, -0.2) is 42.8 Å². The van der Waals surface area contributed by atoms with Crippen molar-refractivity contribution in [1.29, 1.82) is 0 Å². The number of esters is 1. The number of ether oxygens (including phenoxy) is 1. The second-order valence-corrected chi connectivity index (χ2v) is 3.90. The van der Waals surface area contributed by atoms with Crippen LogP contribution in [0, 0.1) is 5.92 Å². The fourth-order valence-electron chi connectivity index (χ4n) is 1.59. The first kappa shape index (κ1) is 14.0. The Morgan fingerprint density at radius 3 is 2.67 bits per heavy atom. The first-order chi connectivity index (χ1) is 8.52. The van der Waals surface area contributed by atoms with Crippen molar-refractivity contribution in [3.63, 3.8) is 0 Å². The number of carboxylic acid groups (broad SMARTS) is 1. The third-order valence-corrected chi connectivity index (χ3v) is 2.56. The van der Waals surface area contributed by atoms with Gasteiger partial charge < -0.3 is 20.5 Å². The number of methoxy groups -OCH3 is 1. The van der Waals surface area contributed by atoms with E-state index in [0.717, 1.165) is 0 Å². The fraction of sp³-hybridized carbons (Fsp3) is 0.545. The summed E-state index contributed by atoms with van der Waals surface area (Å²) >= 11 is 0. The van der Waals surface area contributed by atoms with Crippen LogP contribution in [0.25, 0.3) is 0 Å². The molecule has 2 atom stereocenters. The Bertz CT molecular complexity index is 366. The molecule has 1 rings (SSSR count). The summed E-state index contributed by atoms with van der Waals surface area (Å²) in [6, 6.07) is -0.719. The highest BCUT2D eigenvalue weighted by Gasteiger charge is 2.25. The van der Waals surface area contributed by atoms with Crippen molar-refractivity contribution in [2.75, 3.05) is 13.7 Å². The van der Waals surface area contributed by atoms with Crippen LogP contribution in [0.1, 0.15) is 12.8 Å². The van der Waals surface area contributed by atoms with Crippen LogP contribution < -0.4 is 10.6 Å². The highest BCUT2D eigenvalue weighted by atomic mass is 16.5. The van der Waals surface area contributed by atoms with Gasteiger partial charge >= 0.3 is 18.0 Å². The van der Waals surface area contributed by atoms with Crippen LogP contribution in [0.5, 0.6) is 0 Å². The van der Waals surface area contributed by atoms with E-state index in [2.05, 4.69) is 15.4 Å². The minimum absolute atomic E-state index is 0.0994. The predicted octanol–water partition coefficient (Wildman–Crippen LogP) is -0.122. The normalized spacial score (nSPS) is 21.4. The number of amides is 2. The lowest BCUT2D eigenvalue weighted by atomic mass is 10.1. The molecule has 0 saturated heterocycles. The van der Waals surface area contributed by atoms with Gasteiger partial charge in [-0.2, -0.15) is 0 Å². The van der Waals surface area contributed by atoms with E-state index >= 15 is 0 Å². The van der Waals surface area contributed by atoms with Gasteiger partial charge in [-0.1, -0.05) is 12.2 Å². The molecule has 0 aromatic heterocycles. The summed E-state index contributed by atoms with van der Waals surface area (Å²) in [5.74, 6) is -1.85. The summed E-state index contributed by atoms with van der Waals surface area (Å²) in [4.78, 5) is 32.9. The van der Waals surface area contributed by atoms with Crippen molar-refractivity contribution in [3.05, 3.63) is 12.2 Å². The van der Waals surface area contributed by atoms with Gasteiger partial charge in [-0.25, -0.2) is 4.79 Å². The molecule has 3 N–H and O–H groups in total. The van der Waals surface area contributed by atoms with Crippen LogP contribution in [0.3, 0.4) is 0 Å². The summed E-state index contributed by atoms with van der Waals surface area (Å²) in [7, 11) is 1.28. The lowest BCUT2D eigenvalue weighted by Gasteiger charge is -2.12. The molecule has 7 heteroatoms. The van der Waals surface area contributed by atoms with Crippen LogP contribution >= 0.6 is 0 Å². The molecular weight excluding hydrogens is 240 g/mol. The zero-order valence-electron chi connectivity index (χ0n) is 10.0. The third-order valence-electron chi connectivity index (χ3n) is 2.56. The standard InChI is InChI=1S/C11H16N2O5/c1-18-9(14)4-5-12-11(17)13-8-3-2-7(6-8)10(15)16/h2-3,7-8H,4-6H2,1H3,(H,15,16)(H2,12,13,17). The van der Waals surface area contributed by atoms with Gasteiger partial charge in [-0.3, -0.25) is 9.59 Å². The van der Waals surface area contributed by atoms with E-state index in [1.54, 1.807) is 12.2 Å². The maximum Gasteiger partial charge on any atom is 0.315 e. The number of nitrogens with one attached hydrogen (secondary N) is 2. The van der Waals surface area contributed by atoms with Crippen LogP contribution in [0.2, 0.25) is 0 Å². The Morgan fingerprint density at radius 2 is 2.11 bits per heavy atom. The average molecular weight is 256 g/mol. The molecule has 0 spiro atoms. The van der Waals surface area contributed by atoms with Gasteiger partial charge in [-0.15, -0.1) is 0 Å². The van der Waals surface area contributed by atoms with Gasteiger partial charge in [0.15, 0.2) is 0 Å². The fourth-order valence-corrected chi connectivity index (χ4v) is 1.59. The van der Waals surface area contributed by atoms with Gasteiger partial charge in [0.05, 0.1) is 25.5 Å². The Kier molecular flexibility index (Phi) is 5.16. The number of urea groups is 1. The Balaban J connectivity index is 2.20. The molecule has 2 amide bonds. The minimum atomic E-state index is -0.901. The zero-order chi connectivity index (χ0) is 13.5. The van der Waals surface area contributed by atoms with E-state index in [4.69, 9.17) is 5.11 Å². The third kappa shape index (κ3) is 4.44. The van der Waals surface area contributed by atoms with Crippen molar-refractivity contribution in [3.8, 4) is 0 Å². The molecule has 2 unspecified atom stereocenters. The molecule has 0 aromatic carbocycles. The van der Waals surface area contributed by atoms with E-state index in [9.17, 15) is 14.4 Å². The second kappa shape index (κ2) is 6.63. The maximum atomic E-state index is 11.4. The average Bonchev–Trinajstić information content (AvgIpc) is 2.77. The Hall–Kier alpha value is -2.05. The minimum Gasteiger partial charge on any atom is -0.481 e. The lowest BCUT2D eigenvalue weighted by molar-refractivity contribution is -0.141. The first-order valence-electron chi connectivity index (χ1n) is 5.55. The lowest BCUT2D eigenvalue weighted by Crippen LogP contribution is -2.41. The highest BCUT2D eigenvalue weighted by molar-refractivity contribution is 5.77. The molecule has 1 aliphatic carbocycles. The number of rotatable bonds is 5. The number of hydrogen-bond donors (Lipinski definition) is 3. The number of carbonyl (C=O) groups excluding carboxylic acids is 2. The van der Waals surface area contributed by atoms with Gasteiger partial charge in [0.2, 0.25) is 0 Å². The number of hydrogen-bond acceptors (Lipinski definition) is 4. The molecule has 0 aliphatic heterocycles. The van der Waals surface area contributed by atoms with Crippen molar-refractivity contribution in [2.24, 2.45) is 5.92 Å². The Labute approximate surface area is 104 Å². The smallest absolute Gasteiger partial charge is 0.315 e. The van der Waals surface area contributed by atoms with E-state index in [-0.39, 0.29) is 19.0 Å². The van der Waals surface area contributed by atoms with Crippen molar-refractivity contribution < 1.29 is 24.2 Å². The molecule has 18 heavy (non-hydrogen) atoms. The molecular formula is C11H16N2O5. The quantitative estimate of drug-likeness (QED) is 0.470. The Morgan fingerprint density at radius 1 is 1.39 bits per heavy atom. The topological polar surface area (TPSA) is 105 Å². The van der Waals surface area contributed by atoms with Gasteiger partial charge in [0, 0.05) is 6.54 Å². The number of aliphatic carboxylic acids is 1. The van der Waals surface area contributed by atoms with Gasteiger partial charge in [0.1, 0.15) is 0 Å². The van der Waals surface area contributed by atoms with E-state index in [0.29, 0.717) is 6.42 Å². The summed E-state index contributed by atoms with van der Waals surface area (Å²) in [5.41, 5.74) is 0. The number of carbonyl (C=O) groups is 3. The van der Waals surface area contributed by atoms with Crippen molar-refractivity contribution >= 4 is 18.0 Å². The maximum absolute atomic E-state index is 11.4. The van der Waals surface area contributed by atoms with Gasteiger partial charge in [0.25, 0.3) is 0 Å². The summed E-state index contributed by atoms with van der Waals surface area (Å²) in [6.45, 7) is 0.178. The van der Waals surface area contributed by atoms with Gasteiger partial charge in [-0.05, 0) is 6.42 Å². The van der Waals surface area contributed by atoms with E-state index < -0.39 is 23.9 Å². The molecule has 0 fully saturated rings. The molecule has 0 heterocycles. The largest absolute Gasteiger partial charge is 0.481 e. The molecule has 100 valence electrons. The first-order valence-corrected chi connectivity index (χ1v) is 5.55. The summed E-state index contributed by atoms with van der Waals surface area (Å²) in [6.07, 6.45) is 3.66. The molecule has 0 bridgehead atoms. The van der Waals surface area contributed by atoms with E-state index in [1.807, 2.05) is 0 Å². The van der Waals surface area contributed by atoms with Crippen LogP contribution in [0.4, 0.5) is 4.79 Å². The summed E-state index contributed by atoms with van der Waals surface area (Å²) < 4.78 is 4.42. The zero-order valence-corrected chi connectivity index (χ0v) is 10.0. The molecule has 0 saturated carbocycles. The molecule has 0 aromatic rings. The SMILES string of the molecule is COC(=O)CCNC(=O)NC1C=CC(C(=O)O)C1. The van der Waals surface area contributed by atoms with Crippen LogP contribution in [-0.2, 0) is 14.3 Å². The molecule has 0 radical (unpaired) electrons.